The van der Waals surface area contributed by atoms with Gasteiger partial charge < -0.3 is 5.32 Å². The Hall–Kier alpha value is -1.55. The maximum atomic E-state index is 13.4. The Kier molecular flexibility index (Phi) is 3.57. The number of aromatic nitrogens is 2. The van der Waals surface area contributed by atoms with E-state index in [9.17, 15) is 4.39 Å². The Morgan fingerprint density at radius 1 is 1.39 bits per heavy atom. The minimum atomic E-state index is -0.214. The molecule has 2 aromatic rings. The van der Waals surface area contributed by atoms with Crippen molar-refractivity contribution in [2.45, 2.75) is 20.4 Å². The second-order valence-corrected chi connectivity index (χ2v) is 4.60. The van der Waals surface area contributed by atoms with E-state index >= 15 is 0 Å². The van der Waals surface area contributed by atoms with Crippen molar-refractivity contribution in [3.63, 3.8) is 0 Å². The van der Waals surface area contributed by atoms with Crippen molar-refractivity contribution in [1.82, 2.24) is 9.78 Å². The predicted octanol–water partition coefficient (Wildman–Crippen LogP) is 3.44. The van der Waals surface area contributed by atoms with Gasteiger partial charge in [-0.15, -0.1) is 0 Å². The van der Waals surface area contributed by atoms with Gasteiger partial charge in [-0.05, 0) is 26.0 Å². The van der Waals surface area contributed by atoms with E-state index in [4.69, 9.17) is 11.6 Å². The fourth-order valence-electron chi connectivity index (χ4n) is 1.86. The summed E-state index contributed by atoms with van der Waals surface area (Å²) >= 11 is 6.14. The predicted molar refractivity (Wildman–Crippen MR) is 71.4 cm³/mol. The Balaban J connectivity index is 2.19. The van der Waals surface area contributed by atoms with Crippen LogP contribution in [-0.4, -0.2) is 9.78 Å². The molecule has 0 aliphatic carbocycles. The normalized spacial score (nSPS) is 10.7. The number of hydrogen-bond donors (Lipinski definition) is 1. The summed E-state index contributed by atoms with van der Waals surface area (Å²) in [7, 11) is 1.80. The quantitative estimate of drug-likeness (QED) is 0.923. The van der Waals surface area contributed by atoms with Gasteiger partial charge in [-0.1, -0.05) is 17.7 Å². The number of hydrogen-bond acceptors (Lipinski definition) is 2. The zero-order valence-electron chi connectivity index (χ0n) is 10.6. The topological polar surface area (TPSA) is 29.9 Å². The lowest BCUT2D eigenvalue weighted by Crippen LogP contribution is -2.03. The summed E-state index contributed by atoms with van der Waals surface area (Å²) in [6.07, 6.45) is 0. The summed E-state index contributed by atoms with van der Waals surface area (Å²) in [6, 6.07) is 4.98. The number of nitrogens with one attached hydrogen (secondary N) is 1. The lowest BCUT2D eigenvalue weighted by atomic mass is 10.2. The number of nitrogens with zero attached hydrogens (tertiary/aromatic N) is 2. The van der Waals surface area contributed by atoms with Crippen LogP contribution < -0.4 is 5.32 Å². The van der Waals surface area contributed by atoms with Crippen molar-refractivity contribution in [3.8, 4) is 0 Å². The maximum absolute atomic E-state index is 13.4. The lowest BCUT2D eigenvalue weighted by molar-refractivity contribution is 0.619. The number of aryl methyl sites for hydroxylation is 2. The van der Waals surface area contributed by atoms with Crippen LogP contribution in [0.5, 0.6) is 0 Å². The average molecular weight is 268 g/mol. The molecule has 0 aliphatic rings. The highest BCUT2D eigenvalue weighted by Crippen LogP contribution is 2.22. The van der Waals surface area contributed by atoms with E-state index in [-0.39, 0.29) is 5.82 Å². The van der Waals surface area contributed by atoms with Gasteiger partial charge in [-0.2, -0.15) is 5.10 Å². The molecule has 96 valence electrons. The van der Waals surface area contributed by atoms with Gasteiger partial charge >= 0.3 is 0 Å². The van der Waals surface area contributed by atoms with E-state index in [0.717, 1.165) is 16.9 Å². The van der Waals surface area contributed by atoms with Gasteiger partial charge in [0.25, 0.3) is 0 Å². The molecule has 1 heterocycles. The third-order valence-corrected chi connectivity index (χ3v) is 3.47. The minimum absolute atomic E-state index is 0.214. The highest BCUT2D eigenvalue weighted by Gasteiger charge is 2.11. The Morgan fingerprint density at radius 3 is 2.72 bits per heavy atom. The standard InChI is InChI=1S/C13H15ClFN3/c1-8-11(15)5-4-6-12(8)16-7-10-9(2)17-18(3)13(10)14/h4-6,16H,7H2,1-3H3. The van der Waals surface area contributed by atoms with Crippen molar-refractivity contribution < 1.29 is 4.39 Å². The SMILES string of the molecule is Cc1nn(C)c(Cl)c1CNc1cccc(F)c1C. The van der Waals surface area contributed by atoms with Crippen molar-refractivity contribution in [3.05, 3.63) is 46.0 Å². The molecule has 0 aliphatic heterocycles. The molecule has 0 atom stereocenters. The molecule has 0 saturated carbocycles. The molecule has 0 saturated heterocycles. The zero-order valence-corrected chi connectivity index (χ0v) is 11.3. The molecule has 0 fully saturated rings. The summed E-state index contributed by atoms with van der Waals surface area (Å²) in [6.45, 7) is 4.18. The molecule has 2 rings (SSSR count). The highest BCUT2D eigenvalue weighted by molar-refractivity contribution is 6.30. The molecule has 18 heavy (non-hydrogen) atoms. The molecule has 0 radical (unpaired) electrons. The van der Waals surface area contributed by atoms with Crippen molar-refractivity contribution in [2.24, 2.45) is 7.05 Å². The van der Waals surface area contributed by atoms with Crippen LogP contribution in [0, 0.1) is 19.7 Å². The number of rotatable bonds is 3. The fraction of sp³-hybridized carbons (Fsp3) is 0.308. The Morgan fingerprint density at radius 2 is 2.11 bits per heavy atom. The van der Waals surface area contributed by atoms with Crippen LogP contribution in [0.3, 0.4) is 0 Å². The minimum Gasteiger partial charge on any atom is -0.380 e. The molecule has 5 heteroatoms. The second-order valence-electron chi connectivity index (χ2n) is 4.24. The summed E-state index contributed by atoms with van der Waals surface area (Å²) < 4.78 is 15.0. The van der Waals surface area contributed by atoms with E-state index in [2.05, 4.69) is 10.4 Å². The third-order valence-electron chi connectivity index (χ3n) is 2.99. The summed E-state index contributed by atoms with van der Waals surface area (Å²) in [5, 5.41) is 8.03. The summed E-state index contributed by atoms with van der Waals surface area (Å²) in [4.78, 5) is 0. The molecule has 0 bridgehead atoms. The van der Waals surface area contributed by atoms with Crippen LogP contribution in [0.4, 0.5) is 10.1 Å². The van der Waals surface area contributed by atoms with Gasteiger partial charge in [-0.3, -0.25) is 4.68 Å². The second kappa shape index (κ2) is 4.98. The molecule has 1 N–H and O–H groups in total. The highest BCUT2D eigenvalue weighted by atomic mass is 35.5. The zero-order chi connectivity index (χ0) is 13.3. The van der Waals surface area contributed by atoms with Gasteiger partial charge in [0.05, 0.1) is 5.69 Å². The first kappa shape index (κ1) is 12.9. The first-order valence-corrected chi connectivity index (χ1v) is 6.05. The molecule has 0 amide bonds. The van der Waals surface area contributed by atoms with E-state index in [0.29, 0.717) is 17.3 Å². The van der Waals surface area contributed by atoms with Crippen LogP contribution in [0.1, 0.15) is 16.8 Å². The summed E-state index contributed by atoms with van der Waals surface area (Å²) in [5.41, 5.74) is 3.19. The average Bonchev–Trinajstić information content (AvgIpc) is 2.56. The van der Waals surface area contributed by atoms with Crippen molar-refractivity contribution in [2.75, 3.05) is 5.32 Å². The van der Waals surface area contributed by atoms with E-state index < -0.39 is 0 Å². The van der Waals surface area contributed by atoms with Crippen molar-refractivity contribution in [1.29, 1.82) is 0 Å². The largest absolute Gasteiger partial charge is 0.380 e. The number of benzene rings is 1. The molecule has 3 nitrogen and oxygen atoms in total. The fourth-order valence-corrected chi connectivity index (χ4v) is 2.10. The Bertz CT molecular complexity index is 578. The van der Waals surface area contributed by atoms with Gasteiger partial charge in [0.1, 0.15) is 11.0 Å². The summed E-state index contributed by atoms with van der Waals surface area (Å²) in [5.74, 6) is -0.214. The molecule has 0 spiro atoms. The first-order chi connectivity index (χ1) is 8.50. The van der Waals surface area contributed by atoms with Crippen LogP contribution in [-0.2, 0) is 13.6 Å². The van der Waals surface area contributed by atoms with Crippen molar-refractivity contribution >= 4 is 17.3 Å². The van der Waals surface area contributed by atoms with Crippen LogP contribution in [0.25, 0.3) is 0 Å². The van der Waals surface area contributed by atoms with Crippen LogP contribution in [0.15, 0.2) is 18.2 Å². The smallest absolute Gasteiger partial charge is 0.131 e. The molecular formula is C13H15ClFN3. The van der Waals surface area contributed by atoms with Crippen LogP contribution in [0.2, 0.25) is 5.15 Å². The monoisotopic (exact) mass is 267 g/mol. The Labute approximate surface area is 111 Å². The number of anilines is 1. The molecular weight excluding hydrogens is 253 g/mol. The number of halogens is 2. The van der Waals surface area contributed by atoms with Gasteiger partial charge in [-0.25, -0.2) is 4.39 Å². The van der Waals surface area contributed by atoms with E-state index in [1.165, 1.54) is 6.07 Å². The molecule has 1 aromatic carbocycles. The van der Waals surface area contributed by atoms with Gasteiger partial charge in [0.15, 0.2) is 0 Å². The van der Waals surface area contributed by atoms with Gasteiger partial charge in [0, 0.05) is 30.4 Å². The van der Waals surface area contributed by atoms with Gasteiger partial charge in [0.2, 0.25) is 0 Å². The van der Waals surface area contributed by atoms with E-state index in [1.807, 2.05) is 13.0 Å². The molecule has 0 unspecified atom stereocenters. The molecule has 1 aromatic heterocycles. The first-order valence-electron chi connectivity index (χ1n) is 5.67. The van der Waals surface area contributed by atoms with Crippen LogP contribution >= 0.6 is 11.6 Å². The third kappa shape index (κ3) is 2.34. The maximum Gasteiger partial charge on any atom is 0.131 e. The van der Waals surface area contributed by atoms with E-state index in [1.54, 1.807) is 24.7 Å². The lowest BCUT2D eigenvalue weighted by Gasteiger charge is -2.09.